The summed E-state index contributed by atoms with van der Waals surface area (Å²) >= 11 is 11.7. The van der Waals surface area contributed by atoms with Crippen molar-refractivity contribution in [2.75, 3.05) is 0 Å². The molecule has 0 saturated heterocycles. The molecule has 4 nitrogen and oxygen atoms in total. The van der Waals surface area contributed by atoms with Crippen molar-refractivity contribution in [2.45, 2.75) is 13.1 Å². The second-order valence-electron chi connectivity index (χ2n) is 3.70. The summed E-state index contributed by atoms with van der Waals surface area (Å²) in [5.74, 6) is 0. The van der Waals surface area contributed by atoms with Gasteiger partial charge in [0.25, 0.3) is 0 Å². The van der Waals surface area contributed by atoms with Crippen molar-refractivity contribution < 1.29 is 0 Å². The maximum absolute atomic E-state index is 5.84. The fraction of sp³-hybridized carbons (Fsp3) is 0.250. The van der Waals surface area contributed by atoms with Crippen LogP contribution in [0.3, 0.4) is 0 Å². The molecule has 15 heavy (non-hydrogen) atoms. The summed E-state index contributed by atoms with van der Waals surface area (Å²) in [5, 5.41) is 9.70. The van der Waals surface area contributed by atoms with E-state index in [1.807, 2.05) is 21.1 Å². The Morgan fingerprint density at radius 2 is 1.40 bits per heavy atom. The van der Waals surface area contributed by atoms with Crippen molar-refractivity contribution in [1.82, 2.24) is 18.9 Å². The van der Waals surface area contributed by atoms with Crippen LogP contribution in [0, 0.1) is 0 Å². The Labute approximate surface area is 98.6 Å². The Morgan fingerprint density at radius 1 is 1.00 bits per heavy atom. The molecule has 0 aromatic carbocycles. The Kier molecular flexibility index (Phi) is 2.62. The molecule has 2 aromatic rings. The maximum atomic E-state index is 5.84. The molecule has 0 aliphatic heterocycles. The monoisotopic (exact) mass is 260 g/mol. The predicted octanol–water partition coefficient (Wildman–Crippen LogP) is 2.48. The normalized spacial score (nSPS) is 12.0. The molecule has 0 aliphatic carbocycles. The molecular formula is C8H10Cl2N4Si. The van der Waals surface area contributed by atoms with E-state index in [0.29, 0.717) is 10.0 Å². The van der Waals surface area contributed by atoms with Crippen LogP contribution in [-0.4, -0.2) is 27.3 Å². The average Bonchev–Trinajstić information content (AvgIpc) is 2.74. The molecule has 0 unspecified atom stereocenters. The third-order valence-corrected chi connectivity index (χ3v) is 5.35. The Bertz CT molecular complexity index is 434. The molecule has 2 heterocycles. The minimum atomic E-state index is -1.97. The van der Waals surface area contributed by atoms with Crippen molar-refractivity contribution in [2.24, 2.45) is 0 Å². The number of nitrogens with zero attached hydrogens (tertiary/aromatic N) is 4. The van der Waals surface area contributed by atoms with E-state index in [0.717, 1.165) is 0 Å². The second-order valence-corrected chi connectivity index (χ2v) is 8.48. The van der Waals surface area contributed by atoms with Gasteiger partial charge in [-0.05, 0) is 13.1 Å². The van der Waals surface area contributed by atoms with E-state index < -0.39 is 8.40 Å². The van der Waals surface area contributed by atoms with Crippen molar-refractivity contribution in [3.05, 3.63) is 34.8 Å². The van der Waals surface area contributed by atoms with Crippen molar-refractivity contribution in [3.63, 3.8) is 0 Å². The molecule has 0 fully saturated rings. The first-order valence-corrected chi connectivity index (χ1v) is 8.06. The van der Waals surface area contributed by atoms with Crippen LogP contribution >= 0.6 is 23.2 Å². The number of rotatable bonds is 2. The summed E-state index contributed by atoms with van der Waals surface area (Å²) in [6, 6.07) is 0. The van der Waals surface area contributed by atoms with Gasteiger partial charge in [-0.25, -0.2) is 0 Å². The quantitative estimate of drug-likeness (QED) is 0.778. The topological polar surface area (TPSA) is 35.6 Å². The minimum Gasteiger partial charge on any atom is -0.276 e. The molecule has 80 valence electrons. The van der Waals surface area contributed by atoms with Gasteiger partial charge in [0.2, 0.25) is 0 Å². The molecule has 0 atom stereocenters. The lowest BCUT2D eigenvalue weighted by atomic mass is 10.8. The summed E-state index contributed by atoms with van der Waals surface area (Å²) < 4.78 is 3.75. The van der Waals surface area contributed by atoms with Crippen LogP contribution in [-0.2, 0) is 0 Å². The van der Waals surface area contributed by atoms with Crippen molar-refractivity contribution in [3.8, 4) is 0 Å². The van der Waals surface area contributed by atoms with Crippen molar-refractivity contribution in [1.29, 1.82) is 0 Å². The van der Waals surface area contributed by atoms with E-state index in [2.05, 4.69) is 23.3 Å². The molecule has 0 aliphatic rings. The Morgan fingerprint density at radius 3 is 1.67 bits per heavy atom. The highest BCUT2D eigenvalue weighted by Crippen LogP contribution is 2.15. The van der Waals surface area contributed by atoms with Crippen LogP contribution in [0.25, 0.3) is 0 Å². The summed E-state index contributed by atoms with van der Waals surface area (Å²) in [6.45, 7) is 4.22. The van der Waals surface area contributed by atoms with Crippen LogP contribution in [0.2, 0.25) is 23.1 Å². The van der Waals surface area contributed by atoms with E-state index >= 15 is 0 Å². The van der Waals surface area contributed by atoms with Gasteiger partial charge in [-0.1, -0.05) is 23.2 Å². The van der Waals surface area contributed by atoms with Gasteiger partial charge < -0.3 is 0 Å². The molecule has 0 bridgehead atoms. The zero-order chi connectivity index (χ0) is 11.1. The van der Waals surface area contributed by atoms with Gasteiger partial charge in [-0.3, -0.25) is 8.69 Å². The Balaban J connectivity index is 2.42. The lowest BCUT2D eigenvalue weighted by Crippen LogP contribution is -2.45. The van der Waals surface area contributed by atoms with Gasteiger partial charge in [0.15, 0.2) is 0 Å². The molecule has 7 heteroatoms. The van der Waals surface area contributed by atoms with Gasteiger partial charge in [-0.15, -0.1) is 0 Å². The largest absolute Gasteiger partial charge is 0.303 e. The first-order chi connectivity index (χ1) is 7.00. The zero-order valence-corrected chi connectivity index (χ0v) is 10.9. The van der Waals surface area contributed by atoms with Crippen LogP contribution in [0.1, 0.15) is 0 Å². The molecule has 0 saturated carbocycles. The lowest BCUT2D eigenvalue weighted by molar-refractivity contribution is 0.822. The fourth-order valence-corrected chi connectivity index (χ4v) is 3.54. The standard InChI is InChI=1S/C8H10Cl2N4Si/c1-15(2,13-5-7(9)3-11-13)14-6-8(10)4-12-14/h3-6H,1-2H3. The SMILES string of the molecule is C[Si](C)(n1cc(Cl)cn1)n1cc(Cl)cn1. The highest BCUT2D eigenvalue weighted by atomic mass is 35.5. The smallest absolute Gasteiger partial charge is 0.276 e. The molecular weight excluding hydrogens is 251 g/mol. The van der Waals surface area contributed by atoms with Crippen molar-refractivity contribution >= 4 is 31.6 Å². The maximum Gasteiger partial charge on any atom is 0.303 e. The van der Waals surface area contributed by atoms with E-state index in [1.165, 1.54) is 0 Å². The predicted molar refractivity (Wildman–Crippen MR) is 62.8 cm³/mol. The van der Waals surface area contributed by atoms with Gasteiger partial charge in [0.1, 0.15) is 0 Å². The summed E-state index contributed by atoms with van der Waals surface area (Å²) in [5.41, 5.74) is 0. The number of aromatic nitrogens is 4. The summed E-state index contributed by atoms with van der Waals surface area (Å²) in [7, 11) is -1.97. The fourth-order valence-electron chi connectivity index (χ4n) is 1.31. The van der Waals surface area contributed by atoms with E-state index in [1.54, 1.807) is 12.4 Å². The van der Waals surface area contributed by atoms with E-state index in [-0.39, 0.29) is 0 Å². The second kappa shape index (κ2) is 3.66. The average molecular weight is 261 g/mol. The van der Waals surface area contributed by atoms with Crippen LogP contribution in [0.15, 0.2) is 24.8 Å². The minimum absolute atomic E-state index is 0.633. The summed E-state index contributed by atoms with van der Waals surface area (Å²) in [4.78, 5) is 0. The molecule has 2 rings (SSSR count). The highest BCUT2D eigenvalue weighted by molar-refractivity contribution is 6.73. The van der Waals surface area contributed by atoms with Gasteiger partial charge in [0.05, 0.1) is 22.4 Å². The van der Waals surface area contributed by atoms with Crippen LogP contribution in [0.5, 0.6) is 0 Å². The molecule has 0 N–H and O–H groups in total. The van der Waals surface area contributed by atoms with Crippen LogP contribution < -0.4 is 0 Å². The van der Waals surface area contributed by atoms with Crippen LogP contribution in [0.4, 0.5) is 0 Å². The van der Waals surface area contributed by atoms with E-state index in [9.17, 15) is 0 Å². The van der Waals surface area contributed by atoms with Gasteiger partial charge >= 0.3 is 8.40 Å². The molecule has 2 aromatic heterocycles. The van der Waals surface area contributed by atoms with Gasteiger partial charge in [0, 0.05) is 12.4 Å². The third kappa shape index (κ3) is 1.95. The van der Waals surface area contributed by atoms with Gasteiger partial charge in [-0.2, -0.15) is 10.2 Å². The van der Waals surface area contributed by atoms with E-state index in [4.69, 9.17) is 23.2 Å². The third-order valence-electron chi connectivity index (χ3n) is 2.22. The number of halogens is 2. The molecule has 0 spiro atoms. The number of hydrogen-bond donors (Lipinski definition) is 0. The summed E-state index contributed by atoms with van der Waals surface area (Å²) in [6.07, 6.45) is 6.87. The Hall–Kier alpha value is -0.783. The highest BCUT2D eigenvalue weighted by Gasteiger charge is 2.29. The zero-order valence-electron chi connectivity index (χ0n) is 8.35. The number of hydrogen-bond acceptors (Lipinski definition) is 2. The molecule has 0 radical (unpaired) electrons. The first kappa shape index (κ1) is 10.7. The molecule has 0 amide bonds. The lowest BCUT2D eigenvalue weighted by Gasteiger charge is -2.22. The first-order valence-electron chi connectivity index (χ1n) is 4.41.